The molecule has 0 saturated heterocycles. The van der Waals surface area contributed by atoms with Gasteiger partial charge in [-0.05, 0) is 24.6 Å². The Hall–Kier alpha value is 0.530. The molecular formula is C7H19N2OPS. The Kier molecular flexibility index (Phi) is 7.29. The molecule has 0 aliphatic heterocycles. The maximum Gasteiger partial charge on any atom is 0.197 e. The van der Waals surface area contributed by atoms with Crippen molar-refractivity contribution in [3.63, 3.8) is 0 Å². The van der Waals surface area contributed by atoms with Gasteiger partial charge >= 0.3 is 0 Å². The molecule has 74 valence electrons. The molecule has 0 atom stereocenters. The van der Waals surface area contributed by atoms with Crippen molar-refractivity contribution in [2.24, 2.45) is 0 Å². The summed E-state index contributed by atoms with van der Waals surface area (Å²) in [7, 11) is 1.66. The highest BCUT2D eigenvalue weighted by Gasteiger charge is 2.12. The van der Waals surface area contributed by atoms with Gasteiger partial charge in [0.2, 0.25) is 0 Å². The van der Waals surface area contributed by atoms with Crippen molar-refractivity contribution in [1.29, 1.82) is 0 Å². The van der Waals surface area contributed by atoms with Crippen LogP contribution in [0.3, 0.4) is 0 Å². The lowest BCUT2D eigenvalue weighted by molar-refractivity contribution is 0.439. The third-order valence-corrected chi connectivity index (χ3v) is 4.41. The zero-order valence-electron chi connectivity index (χ0n) is 8.09. The summed E-state index contributed by atoms with van der Waals surface area (Å²) in [5.74, 6) is 0. The number of rotatable bonds is 7. The van der Waals surface area contributed by atoms with Gasteiger partial charge in [0.05, 0.1) is 0 Å². The molecule has 0 aliphatic rings. The summed E-state index contributed by atoms with van der Waals surface area (Å²) in [6.45, 7) is 4.16. The molecule has 0 heterocycles. The summed E-state index contributed by atoms with van der Waals surface area (Å²) in [5.41, 5.74) is 0. The normalized spacial score (nSPS) is 11.9. The molecule has 5 heteroatoms. The summed E-state index contributed by atoms with van der Waals surface area (Å²) in [6, 6.07) is 0. The standard InChI is InChI=1S/C7H19N2OPS/c1-4-6-8-11(12,10-3)9-7-5-2/h4-7H2,1-3H3,(H2,8,9,12). The Morgan fingerprint density at radius 3 is 1.83 bits per heavy atom. The Bertz CT molecular complexity index is 142. The monoisotopic (exact) mass is 210 g/mol. The first kappa shape index (κ1) is 12.5. The molecule has 0 unspecified atom stereocenters. The summed E-state index contributed by atoms with van der Waals surface area (Å²) < 4.78 is 5.25. The molecule has 0 saturated carbocycles. The average molecular weight is 210 g/mol. The molecule has 0 rings (SSSR count). The number of hydrogen-bond acceptors (Lipinski definition) is 2. The van der Waals surface area contributed by atoms with E-state index in [0.717, 1.165) is 25.9 Å². The van der Waals surface area contributed by atoms with Gasteiger partial charge in [0.1, 0.15) is 0 Å². The highest BCUT2D eigenvalue weighted by atomic mass is 32.4. The third-order valence-electron chi connectivity index (χ3n) is 1.40. The molecule has 0 aliphatic carbocycles. The molecule has 0 fully saturated rings. The summed E-state index contributed by atoms with van der Waals surface area (Å²) >= 11 is 5.30. The van der Waals surface area contributed by atoms with Crippen LogP contribution in [-0.4, -0.2) is 20.2 Å². The van der Waals surface area contributed by atoms with E-state index < -0.39 is 6.57 Å². The topological polar surface area (TPSA) is 33.3 Å². The Balaban J connectivity index is 3.79. The fourth-order valence-corrected chi connectivity index (χ4v) is 2.66. The van der Waals surface area contributed by atoms with Crippen molar-refractivity contribution < 1.29 is 4.52 Å². The van der Waals surface area contributed by atoms with E-state index in [4.69, 9.17) is 16.3 Å². The fraction of sp³-hybridized carbons (Fsp3) is 1.00. The smallest absolute Gasteiger partial charge is 0.197 e. The molecular weight excluding hydrogens is 191 g/mol. The minimum atomic E-state index is -1.90. The molecule has 0 spiro atoms. The summed E-state index contributed by atoms with van der Waals surface area (Å²) in [5, 5.41) is 6.45. The van der Waals surface area contributed by atoms with Crippen LogP contribution in [0.15, 0.2) is 0 Å². The average Bonchev–Trinajstić information content (AvgIpc) is 2.11. The van der Waals surface area contributed by atoms with E-state index in [1.807, 2.05) is 0 Å². The minimum absolute atomic E-state index is 0.918. The SMILES string of the molecule is CCCNP(=S)(NCCC)OC. The zero-order valence-corrected chi connectivity index (χ0v) is 9.80. The molecule has 3 nitrogen and oxygen atoms in total. The summed E-state index contributed by atoms with van der Waals surface area (Å²) in [6.07, 6.45) is 2.16. The molecule has 2 N–H and O–H groups in total. The van der Waals surface area contributed by atoms with E-state index in [-0.39, 0.29) is 0 Å². The van der Waals surface area contributed by atoms with Gasteiger partial charge in [-0.2, -0.15) is 0 Å². The van der Waals surface area contributed by atoms with Crippen LogP contribution in [0.25, 0.3) is 0 Å². The van der Waals surface area contributed by atoms with Gasteiger partial charge in [-0.1, -0.05) is 13.8 Å². The van der Waals surface area contributed by atoms with Crippen molar-refractivity contribution >= 4 is 18.4 Å². The lowest BCUT2D eigenvalue weighted by Crippen LogP contribution is -2.24. The Labute approximate surface area is 80.5 Å². The zero-order chi connectivity index (χ0) is 9.45. The minimum Gasteiger partial charge on any atom is -0.330 e. The molecule has 12 heavy (non-hydrogen) atoms. The maximum absolute atomic E-state index is 5.30. The van der Waals surface area contributed by atoms with Crippen LogP contribution in [0.5, 0.6) is 0 Å². The quantitative estimate of drug-likeness (QED) is 0.628. The van der Waals surface area contributed by atoms with E-state index in [1.165, 1.54) is 0 Å². The van der Waals surface area contributed by atoms with Gasteiger partial charge in [0, 0.05) is 20.2 Å². The van der Waals surface area contributed by atoms with Gasteiger partial charge < -0.3 is 4.52 Å². The van der Waals surface area contributed by atoms with Crippen molar-refractivity contribution in [1.82, 2.24) is 10.2 Å². The van der Waals surface area contributed by atoms with Crippen LogP contribution >= 0.6 is 6.57 Å². The van der Waals surface area contributed by atoms with E-state index in [0.29, 0.717) is 0 Å². The second kappa shape index (κ2) is 6.98. The highest BCUT2D eigenvalue weighted by molar-refractivity contribution is 8.10. The van der Waals surface area contributed by atoms with Gasteiger partial charge in [-0.3, -0.25) is 10.2 Å². The van der Waals surface area contributed by atoms with Gasteiger partial charge in [0.25, 0.3) is 0 Å². The molecule has 0 bridgehead atoms. The van der Waals surface area contributed by atoms with Crippen LogP contribution < -0.4 is 10.2 Å². The molecule has 0 aromatic carbocycles. The lowest BCUT2D eigenvalue weighted by atomic mass is 10.5. The lowest BCUT2D eigenvalue weighted by Gasteiger charge is -2.21. The van der Waals surface area contributed by atoms with Crippen LogP contribution in [0.4, 0.5) is 0 Å². The second-order valence-corrected chi connectivity index (χ2v) is 6.19. The summed E-state index contributed by atoms with van der Waals surface area (Å²) in [4.78, 5) is 0. The van der Waals surface area contributed by atoms with Crippen molar-refractivity contribution in [2.45, 2.75) is 26.7 Å². The Morgan fingerprint density at radius 1 is 1.17 bits per heavy atom. The Morgan fingerprint density at radius 2 is 1.58 bits per heavy atom. The fourth-order valence-electron chi connectivity index (χ4n) is 0.703. The van der Waals surface area contributed by atoms with E-state index in [1.54, 1.807) is 7.11 Å². The molecule has 0 radical (unpaired) electrons. The molecule has 0 aromatic rings. The van der Waals surface area contributed by atoms with Gasteiger partial charge in [-0.15, -0.1) is 0 Å². The van der Waals surface area contributed by atoms with E-state index >= 15 is 0 Å². The van der Waals surface area contributed by atoms with Gasteiger partial charge in [0.15, 0.2) is 6.57 Å². The van der Waals surface area contributed by atoms with Crippen LogP contribution in [0.2, 0.25) is 0 Å². The largest absolute Gasteiger partial charge is 0.330 e. The van der Waals surface area contributed by atoms with Crippen LogP contribution in [-0.2, 0) is 16.3 Å². The van der Waals surface area contributed by atoms with E-state index in [9.17, 15) is 0 Å². The first-order valence-electron chi connectivity index (χ1n) is 4.34. The van der Waals surface area contributed by atoms with Crippen molar-refractivity contribution in [3.8, 4) is 0 Å². The molecule has 0 aromatic heterocycles. The van der Waals surface area contributed by atoms with Crippen molar-refractivity contribution in [2.75, 3.05) is 20.2 Å². The number of nitrogens with one attached hydrogen (secondary N) is 2. The number of hydrogen-bond donors (Lipinski definition) is 2. The highest BCUT2D eigenvalue weighted by Crippen LogP contribution is 2.35. The van der Waals surface area contributed by atoms with Crippen molar-refractivity contribution in [3.05, 3.63) is 0 Å². The van der Waals surface area contributed by atoms with Crippen LogP contribution in [0.1, 0.15) is 26.7 Å². The van der Waals surface area contributed by atoms with Crippen LogP contribution in [0, 0.1) is 0 Å². The maximum atomic E-state index is 5.30. The first-order valence-corrected chi connectivity index (χ1v) is 7.06. The molecule has 0 amide bonds. The van der Waals surface area contributed by atoms with E-state index in [2.05, 4.69) is 24.0 Å². The first-order chi connectivity index (χ1) is 5.68. The van der Waals surface area contributed by atoms with Gasteiger partial charge in [-0.25, -0.2) is 0 Å². The predicted molar refractivity (Wildman–Crippen MR) is 57.9 cm³/mol. The third kappa shape index (κ3) is 5.22. The second-order valence-electron chi connectivity index (χ2n) is 2.55. The predicted octanol–water partition coefficient (Wildman–Crippen LogP) is 1.86.